The summed E-state index contributed by atoms with van der Waals surface area (Å²) in [6.07, 6.45) is 2.90. The fourth-order valence-electron chi connectivity index (χ4n) is 1.45. The van der Waals surface area contributed by atoms with Crippen molar-refractivity contribution < 1.29 is 4.79 Å². The maximum atomic E-state index is 11.3. The molecule has 1 atom stereocenters. The van der Waals surface area contributed by atoms with E-state index in [1.165, 1.54) is 11.1 Å². The van der Waals surface area contributed by atoms with Crippen LogP contribution >= 0.6 is 0 Å². The molecule has 1 fully saturated rings. The third-order valence-electron chi connectivity index (χ3n) is 2.52. The van der Waals surface area contributed by atoms with Crippen LogP contribution in [-0.4, -0.2) is 5.78 Å². The molecular weight excluding hydrogens is 136 g/mol. The molecule has 11 heavy (non-hydrogen) atoms. The number of Topliss-reactive ketones (excluding diaryl/α,β-unsaturated/α-hetero) is 1. The van der Waals surface area contributed by atoms with Crippen LogP contribution in [0.2, 0.25) is 0 Å². The first kappa shape index (κ1) is 8.51. The molecule has 1 aliphatic carbocycles. The number of carbonyl (C=O) groups excluding carboxylic acids is 1. The summed E-state index contributed by atoms with van der Waals surface area (Å²) >= 11 is 0. The van der Waals surface area contributed by atoms with Crippen molar-refractivity contribution in [3.05, 3.63) is 11.1 Å². The van der Waals surface area contributed by atoms with Gasteiger partial charge in [-0.05, 0) is 26.7 Å². The maximum Gasteiger partial charge on any atom is 0.139 e. The Bertz CT molecular complexity index is 197. The van der Waals surface area contributed by atoms with E-state index in [2.05, 4.69) is 13.8 Å². The van der Waals surface area contributed by atoms with E-state index in [0.717, 1.165) is 12.8 Å². The van der Waals surface area contributed by atoms with Crippen LogP contribution in [0, 0.1) is 5.92 Å². The lowest BCUT2D eigenvalue weighted by molar-refractivity contribution is -0.122. The van der Waals surface area contributed by atoms with E-state index >= 15 is 0 Å². The van der Waals surface area contributed by atoms with Crippen molar-refractivity contribution in [3.63, 3.8) is 0 Å². The predicted molar refractivity (Wildman–Crippen MR) is 46.4 cm³/mol. The van der Waals surface area contributed by atoms with Crippen molar-refractivity contribution in [2.45, 2.75) is 40.0 Å². The van der Waals surface area contributed by atoms with Crippen molar-refractivity contribution in [3.8, 4) is 0 Å². The monoisotopic (exact) mass is 152 g/mol. The second kappa shape index (κ2) is 3.21. The number of ketones is 1. The van der Waals surface area contributed by atoms with Gasteiger partial charge in [0.1, 0.15) is 5.78 Å². The number of hydrogen-bond acceptors (Lipinski definition) is 1. The molecule has 1 saturated carbocycles. The molecule has 0 heterocycles. The first-order chi connectivity index (χ1) is 5.11. The molecule has 0 saturated heterocycles. The zero-order chi connectivity index (χ0) is 8.43. The molecule has 1 nitrogen and oxygen atoms in total. The van der Waals surface area contributed by atoms with Gasteiger partial charge in [-0.25, -0.2) is 0 Å². The summed E-state index contributed by atoms with van der Waals surface area (Å²) in [7, 11) is 0. The largest absolute Gasteiger partial charge is 0.299 e. The van der Waals surface area contributed by atoms with Crippen LogP contribution in [0.4, 0.5) is 0 Å². The molecule has 0 spiro atoms. The molecule has 1 unspecified atom stereocenters. The highest BCUT2D eigenvalue weighted by Gasteiger charge is 2.20. The molecule has 1 aliphatic rings. The molecule has 62 valence electrons. The van der Waals surface area contributed by atoms with Gasteiger partial charge in [0, 0.05) is 12.3 Å². The Kier molecular flexibility index (Phi) is 2.48. The lowest BCUT2D eigenvalue weighted by Crippen LogP contribution is -2.17. The number of carbonyl (C=O) groups is 1. The van der Waals surface area contributed by atoms with E-state index in [-0.39, 0.29) is 0 Å². The second-order valence-electron chi connectivity index (χ2n) is 3.69. The summed E-state index contributed by atoms with van der Waals surface area (Å²) < 4.78 is 0. The van der Waals surface area contributed by atoms with Crippen molar-refractivity contribution in [1.29, 1.82) is 0 Å². The number of rotatable bonds is 0. The molecule has 0 amide bonds. The second-order valence-corrected chi connectivity index (χ2v) is 3.69. The van der Waals surface area contributed by atoms with Crippen molar-refractivity contribution in [1.82, 2.24) is 0 Å². The number of hydrogen-bond donors (Lipinski definition) is 0. The smallest absolute Gasteiger partial charge is 0.139 e. The van der Waals surface area contributed by atoms with Gasteiger partial charge < -0.3 is 0 Å². The molecule has 1 heteroatoms. The standard InChI is InChI=1S/C10H16O/c1-7(2)9-5-4-8(3)10(11)6-9/h8H,4-6H2,1-3H3. The van der Waals surface area contributed by atoms with Gasteiger partial charge >= 0.3 is 0 Å². The lowest BCUT2D eigenvalue weighted by Gasteiger charge is -2.20. The zero-order valence-electron chi connectivity index (χ0n) is 7.61. The van der Waals surface area contributed by atoms with Gasteiger partial charge in [-0.3, -0.25) is 4.79 Å². The molecule has 1 rings (SSSR count). The van der Waals surface area contributed by atoms with Crippen molar-refractivity contribution in [2.24, 2.45) is 5.92 Å². The summed E-state index contributed by atoms with van der Waals surface area (Å²) in [5.41, 5.74) is 2.71. The molecular formula is C10H16O. The van der Waals surface area contributed by atoms with Crippen molar-refractivity contribution >= 4 is 5.78 Å². The Balaban J connectivity index is 2.68. The molecule has 0 bridgehead atoms. The Morgan fingerprint density at radius 3 is 2.55 bits per heavy atom. The van der Waals surface area contributed by atoms with Gasteiger partial charge in [0.15, 0.2) is 0 Å². The van der Waals surface area contributed by atoms with E-state index < -0.39 is 0 Å². The molecule has 0 N–H and O–H groups in total. The summed E-state index contributed by atoms with van der Waals surface area (Å²) in [4.78, 5) is 11.3. The quantitative estimate of drug-likeness (QED) is 0.488. The van der Waals surface area contributed by atoms with Crippen LogP contribution in [0.15, 0.2) is 11.1 Å². The van der Waals surface area contributed by atoms with E-state index in [1.54, 1.807) is 0 Å². The van der Waals surface area contributed by atoms with E-state index in [1.807, 2.05) is 6.92 Å². The summed E-state index contributed by atoms with van der Waals surface area (Å²) in [5, 5.41) is 0. The van der Waals surface area contributed by atoms with Gasteiger partial charge in [-0.15, -0.1) is 0 Å². The Morgan fingerprint density at radius 2 is 2.09 bits per heavy atom. The SMILES string of the molecule is CC(C)=C1CCC(C)C(=O)C1. The summed E-state index contributed by atoms with van der Waals surface area (Å²) in [6, 6.07) is 0. The molecule has 0 aromatic heterocycles. The Hall–Kier alpha value is -0.590. The Morgan fingerprint density at radius 1 is 1.45 bits per heavy atom. The van der Waals surface area contributed by atoms with Gasteiger partial charge in [-0.1, -0.05) is 18.1 Å². The average molecular weight is 152 g/mol. The minimum Gasteiger partial charge on any atom is -0.299 e. The first-order valence-electron chi connectivity index (χ1n) is 4.29. The van der Waals surface area contributed by atoms with Gasteiger partial charge in [-0.2, -0.15) is 0 Å². The summed E-state index contributed by atoms with van der Waals surface area (Å²) in [6.45, 7) is 6.22. The highest BCUT2D eigenvalue weighted by atomic mass is 16.1. The normalized spacial score (nSPS) is 25.5. The van der Waals surface area contributed by atoms with Crippen LogP contribution in [0.3, 0.4) is 0 Å². The van der Waals surface area contributed by atoms with Crippen LogP contribution in [0.5, 0.6) is 0 Å². The third kappa shape index (κ3) is 1.92. The maximum absolute atomic E-state index is 11.3. The average Bonchev–Trinajstić information content (AvgIpc) is 1.94. The zero-order valence-corrected chi connectivity index (χ0v) is 7.61. The van der Waals surface area contributed by atoms with Crippen LogP contribution in [0.1, 0.15) is 40.0 Å². The van der Waals surface area contributed by atoms with E-state index in [9.17, 15) is 4.79 Å². The topological polar surface area (TPSA) is 17.1 Å². The molecule has 0 radical (unpaired) electrons. The highest BCUT2D eigenvalue weighted by molar-refractivity contribution is 5.84. The first-order valence-corrected chi connectivity index (χ1v) is 4.29. The van der Waals surface area contributed by atoms with Crippen LogP contribution in [-0.2, 0) is 4.79 Å². The van der Waals surface area contributed by atoms with Gasteiger partial charge in [0.05, 0.1) is 0 Å². The fourth-order valence-corrected chi connectivity index (χ4v) is 1.45. The van der Waals surface area contributed by atoms with Crippen LogP contribution < -0.4 is 0 Å². The highest BCUT2D eigenvalue weighted by Crippen LogP contribution is 2.26. The predicted octanol–water partition coefficient (Wildman–Crippen LogP) is 2.71. The van der Waals surface area contributed by atoms with Crippen molar-refractivity contribution in [2.75, 3.05) is 0 Å². The van der Waals surface area contributed by atoms with Gasteiger partial charge in [0.25, 0.3) is 0 Å². The minimum absolute atomic E-state index is 0.304. The van der Waals surface area contributed by atoms with E-state index in [0.29, 0.717) is 18.1 Å². The third-order valence-corrected chi connectivity index (χ3v) is 2.52. The minimum atomic E-state index is 0.304. The summed E-state index contributed by atoms with van der Waals surface area (Å²) in [5.74, 6) is 0.727. The molecule has 0 aliphatic heterocycles. The molecule has 0 aromatic rings. The molecule has 0 aromatic carbocycles. The lowest BCUT2D eigenvalue weighted by atomic mass is 9.84. The van der Waals surface area contributed by atoms with E-state index in [4.69, 9.17) is 0 Å². The fraction of sp³-hybridized carbons (Fsp3) is 0.700. The Labute approximate surface area is 68.5 Å². The van der Waals surface area contributed by atoms with Gasteiger partial charge in [0.2, 0.25) is 0 Å². The van der Waals surface area contributed by atoms with Crippen LogP contribution in [0.25, 0.3) is 0 Å². The number of allylic oxidation sites excluding steroid dienone is 2.